The second kappa shape index (κ2) is 5.92. The molecule has 0 amide bonds. The molecular weight excluding hydrogens is 244 g/mol. The molecule has 0 aliphatic rings. The van der Waals surface area contributed by atoms with Crippen LogP contribution in [0.15, 0.2) is 48.5 Å². The third-order valence-electron chi connectivity index (χ3n) is 2.84. The number of benzene rings is 2. The molecular formula is C16H17ClO. The largest absolute Gasteiger partial charge is 0.457 e. The van der Waals surface area contributed by atoms with Crippen molar-refractivity contribution in [2.45, 2.75) is 25.6 Å². The van der Waals surface area contributed by atoms with Crippen LogP contribution >= 0.6 is 11.6 Å². The van der Waals surface area contributed by atoms with Crippen molar-refractivity contribution in [3.63, 3.8) is 0 Å². The second-order valence-electron chi connectivity index (χ2n) is 4.61. The van der Waals surface area contributed by atoms with Crippen molar-refractivity contribution in [1.29, 1.82) is 0 Å². The summed E-state index contributed by atoms with van der Waals surface area (Å²) in [5.74, 6) is 2.72. The van der Waals surface area contributed by atoms with Gasteiger partial charge in [-0.3, -0.25) is 0 Å². The highest BCUT2D eigenvalue weighted by molar-refractivity contribution is 6.17. The van der Waals surface area contributed by atoms with E-state index in [-0.39, 0.29) is 0 Å². The molecule has 0 heterocycles. The first kappa shape index (κ1) is 13.0. The van der Waals surface area contributed by atoms with E-state index in [2.05, 4.69) is 26.0 Å². The maximum Gasteiger partial charge on any atom is 0.127 e. The summed E-state index contributed by atoms with van der Waals surface area (Å²) in [5, 5.41) is 0. The summed E-state index contributed by atoms with van der Waals surface area (Å²) in [6.07, 6.45) is 0. The normalized spacial score (nSPS) is 10.7. The van der Waals surface area contributed by atoms with E-state index in [0.717, 1.165) is 17.1 Å². The summed E-state index contributed by atoms with van der Waals surface area (Å²) in [6, 6.07) is 16.1. The second-order valence-corrected chi connectivity index (χ2v) is 4.87. The van der Waals surface area contributed by atoms with Crippen molar-refractivity contribution >= 4 is 11.6 Å². The Balaban J connectivity index is 2.13. The van der Waals surface area contributed by atoms with Gasteiger partial charge in [0.15, 0.2) is 0 Å². The predicted molar refractivity (Wildman–Crippen MR) is 76.6 cm³/mol. The van der Waals surface area contributed by atoms with Crippen molar-refractivity contribution in [2.75, 3.05) is 0 Å². The lowest BCUT2D eigenvalue weighted by Gasteiger charge is -2.09. The van der Waals surface area contributed by atoms with Gasteiger partial charge in [-0.2, -0.15) is 0 Å². The average Bonchev–Trinajstić information content (AvgIpc) is 2.39. The van der Waals surface area contributed by atoms with Gasteiger partial charge in [-0.05, 0) is 41.3 Å². The predicted octanol–water partition coefficient (Wildman–Crippen LogP) is 5.34. The quantitative estimate of drug-likeness (QED) is 0.674. The fourth-order valence-electron chi connectivity index (χ4n) is 1.75. The van der Waals surface area contributed by atoms with E-state index in [1.54, 1.807) is 0 Å². The summed E-state index contributed by atoms with van der Waals surface area (Å²) in [6.45, 7) is 4.36. The zero-order chi connectivity index (χ0) is 13.0. The van der Waals surface area contributed by atoms with E-state index >= 15 is 0 Å². The lowest BCUT2D eigenvalue weighted by molar-refractivity contribution is 0.482. The molecule has 0 radical (unpaired) electrons. The molecule has 0 fully saturated rings. The highest BCUT2D eigenvalue weighted by atomic mass is 35.5. The van der Waals surface area contributed by atoms with Gasteiger partial charge in [-0.25, -0.2) is 0 Å². The molecule has 2 rings (SSSR count). The molecule has 0 N–H and O–H groups in total. The van der Waals surface area contributed by atoms with Gasteiger partial charge in [0.2, 0.25) is 0 Å². The first-order valence-corrected chi connectivity index (χ1v) is 6.65. The minimum absolute atomic E-state index is 0.503. The minimum Gasteiger partial charge on any atom is -0.457 e. The van der Waals surface area contributed by atoms with E-state index in [0.29, 0.717) is 11.8 Å². The first-order valence-electron chi connectivity index (χ1n) is 6.12. The molecule has 0 saturated carbocycles. The van der Waals surface area contributed by atoms with Crippen LogP contribution in [0.25, 0.3) is 0 Å². The highest BCUT2D eigenvalue weighted by Crippen LogP contribution is 2.24. The maximum atomic E-state index is 5.80. The Morgan fingerprint density at radius 2 is 1.72 bits per heavy atom. The van der Waals surface area contributed by atoms with Crippen LogP contribution in [0.3, 0.4) is 0 Å². The van der Waals surface area contributed by atoms with Gasteiger partial charge in [0, 0.05) is 5.88 Å². The summed E-state index contributed by atoms with van der Waals surface area (Å²) in [5.41, 5.74) is 2.38. The molecule has 0 aromatic heterocycles. The molecule has 2 heteroatoms. The van der Waals surface area contributed by atoms with E-state index < -0.39 is 0 Å². The zero-order valence-electron chi connectivity index (χ0n) is 10.7. The molecule has 0 aliphatic carbocycles. The van der Waals surface area contributed by atoms with Gasteiger partial charge in [0.1, 0.15) is 11.5 Å². The average molecular weight is 261 g/mol. The van der Waals surface area contributed by atoms with E-state index in [1.807, 2.05) is 36.4 Å². The smallest absolute Gasteiger partial charge is 0.127 e. The van der Waals surface area contributed by atoms with Crippen molar-refractivity contribution in [1.82, 2.24) is 0 Å². The topological polar surface area (TPSA) is 9.23 Å². The third kappa shape index (κ3) is 3.27. The molecule has 2 aromatic rings. The van der Waals surface area contributed by atoms with Crippen LogP contribution in [0.1, 0.15) is 30.9 Å². The van der Waals surface area contributed by atoms with Crippen LogP contribution in [-0.2, 0) is 5.88 Å². The van der Waals surface area contributed by atoms with Gasteiger partial charge in [0.25, 0.3) is 0 Å². The Morgan fingerprint density at radius 1 is 1.00 bits per heavy atom. The van der Waals surface area contributed by atoms with Crippen molar-refractivity contribution in [2.24, 2.45) is 0 Å². The Hall–Kier alpha value is -1.47. The van der Waals surface area contributed by atoms with Crippen molar-refractivity contribution < 1.29 is 4.74 Å². The van der Waals surface area contributed by atoms with Crippen LogP contribution in [0.4, 0.5) is 0 Å². The maximum absolute atomic E-state index is 5.80. The molecule has 0 atom stereocenters. The Bertz CT molecular complexity index is 503. The molecule has 94 valence electrons. The summed E-state index contributed by atoms with van der Waals surface area (Å²) >= 11 is 5.80. The molecule has 0 spiro atoms. The van der Waals surface area contributed by atoms with Gasteiger partial charge < -0.3 is 4.74 Å². The Kier molecular flexibility index (Phi) is 4.27. The summed E-state index contributed by atoms with van der Waals surface area (Å²) in [7, 11) is 0. The zero-order valence-corrected chi connectivity index (χ0v) is 11.4. The third-order valence-corrected chi connectivity index (χ3v) is 3.14. The number of hydrogen-bond acceptors (Lipinski definition) is 1. The van der Waals surface area contributed by atoms with Crippen molar-refractivity contribution in [3.05, 3.63) is 59.7 Å². The monoisotopic (exact) mass is 260 g/mol. The molecule has 0 unspecified atom stereocenters. The van der Waals surface area contributed by atoms with E-state index in [4.69, 9.17) is 16.3 Å². The Morgan fingerprint density at radius 3 is 2.33 bits per heavy atom. The molecule has 0 bridgehead atoms. The van der Waals surface area contributed by atoms with Crippen LogP contribution in [-0.4, -0.2) is 0 Å². The highest BCUT2D eigenvalue weighted by Gasteiger charge is 2.01. The number of halogens is 1. The molecule has 0 saturated heterocycles. The molecule has 1 nitrogen and oxygen atoms in total. The molecule has 0 aliphatic heterocycles. The van der Waals surface area contributed by atoms with Crippen molar-refractivity contribution in [3.8, 4) is 11.5 Å². The van der Waals surface area contributed by atoms with Gasteiger partial charge in [-0.1, -0.05) is 38.1 Å². The standard InChI is InChI=1S/C16H17ClO/c1-12(2)14-6-8-15(9-7-14)18-16-5-3-4-13(10-16)11-17/h3-10,12H,11H2,1-2H3. The van der Waals surface area contributed by atoms with Crippen LogP contribution in [0, 0.1) is 0 Å². The number of rotatable bonds is 4. The SMILES string of the molecule is CC(C)c1ccc(Oc2cccc(CCl)c2)cc1. The first-order chi connectivity index (χ1) is 8.69. The summed E-state index contributed by atoms with van der Waals surface area (Å²) in [4.78, 5) is 0. The van der Waals surface area contributed by atoms with Crippen LogP contribution in [0.5, 0.6) is 11.5 Å². The summed E-state index contributed by atoms with van der Waals surface area (Å²) < 4.78 is 5.80. The van der Waals surface area contributed by atoms with Gasteiger partial charge >= 0.3 is 0 Å². The molecule has 2 aromatic carbocycles. The van der Waals surface area contributed by atoms with E-state index in [9.17, 15) is 0 Å². The lowest BCUT2D eigenvalue weighted by atomic mass is 10.0. The van der Waals surface area contributed by atoms with E-state index in [1.165, 1.54) is 5.56 Å². The minimum atomic E-state index is 0.503. The fourth-order valence-corrected chi connectivity index (χ4v) is 1.92. The Labute approximate surface area is 113 Å². The van der Waals surface area contributed by atoms with Crippen LogP contribution < -0.4 is 4.74 Å². The number of ether oxygens (including phenoxy) is 1. The number of alkyl halides is 1. The van der Waals surface area contributed by atoms with Gasteiger partial charge in [-0.15, -0.1) is 11.6 Å². The molecule has 18 heavy (non-hydrogen) atoms. The fraction of sp³-hybridized carbons (Fsp3) is 0.250. The van der Waals surface area contributed by atoms with Crippen LogP contribution in [0.2, 0.25) is 0 Å². The number of hydrogen-bond donors (Lipinski definition) is 0. The van der Waals surface area contributed by atoms with Gasteiger partial charge in [0.05, 0.1) is 0 Å². The lowest BCUT2D eigenvalue weighted by Crippen LogP contribution is -1.89.